The van der Waals surface area contributed by atoms with Gasteiger partial charge >= 0.3 is 7.12 Å². The molecule has 0 saturated carbocycles. The van der Waals surface area contributed by atoms with Gasteiger partial charge in [0.2, 0.25) is 0 Å². The van der Waals surface area contributed by atoms with Gasteiger partial charge in [0.1, 0.15) is 5.82 Å². The second kappa shape index (κ2) is 4.16. The van der Waals surface area contributed by atoms with Crippen LogP contribution in [0.2, 0.25) is 0 Å². The summed E-state index contributed by atoms with van der Waals surface area (Å²) in [6, 6.07) is 0. The number of nitrogens with zero attached hydrogens (tertiary/aromatic N) is 3. The monoisotopic (exact) mass is 277 g/mol. The fourth-order valence-corrected chi connectivity index (χ4v) is 2.42. The van der Waals surface area contributed by atoms with Crippen LogP contribution >= 0.6 is 11.3 Å². The fraction of sp³-hybridized carbons (Fsp3) is 0.500. The van der Waals surface area contributed by atoms with Crippen molar-refractivity contribution >= 4 is 24.0 Å². The zero-order chi connectivity index (χ0) is 13.7. The number of rotatable bonds is 2. The third-order valence-corrected chi connectivity index (χ3v) is 4.36. The highest BCUT2D eigenvalue weighted by Gasteiger charge is 2.52. The van der Waals surface area contributed by atoms with Crippen molar-refractivity contribution in [3.05, 3.63) is 23.4 Å². The molecule has 19 heavy (non-hydrogen) atoms. The first kappa shape index (κ1) is 12.8. The van der Waals surface area contributed by atoms with E-state index in [1.807, 2.05) is 43.8 Å². The maximum atomic E-state index is 5.96. The van der Waals surface area contributed by atoms with Crippen LogP contribution in [0.4, 0.5) is 0 Å². The highest BCUT2D eigenvalue weighted by molar-refractivity contribution is 7.07. The second-order valence-corrected chi connectivity index (χ2v) is 6.36. The second-order valence-electron chi connectivity index (χ2n) is 5.64. The molecule has 0 spiro atoms. The SMILES string of the molecule is CC1(C)OB(c2cn(-c3cscn3)cn2)OC1(C)C. The van der Waals surface area contributed by atoms with Gasteiger partial charge < -0.3 is 9.31 Å². The van der Waals surface area contributed by atoms with Gasteiger partial charge in [0.25, 0.3) is 0 Å². The molecular formula is C12H16BN3O2S. The lowest BCUT2D eigenvalue weighted by Crippen LogP contribution is -2.41. The molecule has 0 unspecified atom stereocenters. The highest BCUT2D eigenvalue weighted by atomic mass is 32.1. The first-order valence-electron chi connectivity index (χ1n) is 6.17. The predicted octanol–water partition coefficient (Wildman–Crippen LogP) is 1.63. The summed E-state index contributed by atoms with van der Waals surface area (Å²) in [7, 11) is -0.426. The normalized spacial score (nSPS) is 20.9. The van der Waals surface area contributed by atoms with E-state index in [1.54, 1.807) is 23.2 Å². The Balaban J connectivity index is 1.85. The van der Waals surface area contributed by atoms with Gasteiger partial charge in [-0.15, -0.1) is 11.3 Å². The largest absolute Gasteiger partial charge is 0.516 e. The smallest absolute Gasteiger partial charge is 0.398 e. The van der Waals surface area contributed by atoms with Gasteiger partial charge in [0.05, 0.1) is 28.6 Å². The van der Waals surface area contributed by atoms with Gasteiger partial charge in [-0.25, -0.2) is 9.97 Å². The molecule has 0 aliphatic carbocycles. The molecule has 1 fully saturated rings. The van der Waals surface area contributed by atoms with Crippen LogP contribution in [0.15, 0.2) is 23.4 Å². The Bertz CT molecular complexity index is 564. The van der Waals surface area contributed by atoms with Crippen molar-refractivity contribution in [2.75, 3.05) is 0 Å². The minimum absolute atomic E-state index is 0.345. The molecular weight excluding hydrogens is 261 g/mol. The summed E-state index contributed by atoms with van der Waals surface area (Å²) < 4.78 is 13.8. The van der Waals surface area contributed by atoms with Gasteiger partial charge in [-0.05, 0) is 27.7 Å². The summed E-state index contributed by atoms with van der Waals surface area (Å²) in [4.78, 5) is 8.61. The van der Waals surface area contributed by atoms with E-state index in [0.717, 1.165) is 11.4 Å². The topological polar surface area (TPSA) is 49.2 Å². The molecule has 1 aliphatic rings. The number of thiazole rings is 1. The quantitative estimate of drug-likeness (QED) is 0.783. The highest BCUT2D eigenvalue weighted by Crippen LogP contribution is 2.36. The molecule has 1 aliphatic heterocycles. The molecule has 100 valence electrons. The van der Waals surface area contributed by atoms with Crippen molar-refractivity contribution < 1.29 is 9.31 Å². The maximum absolute atomic E-state index is 5.96. The average Bonchev–Trinajstić information content (AvgIpc) is 3.00. The zero-order valence-electron chi connectivity index (χ0n) is 11.5. The van der Waals surface area contributed by atoms with Crippen LogP contribution in [0.1, 0.15) is 27.7 Å². The van der Waals surface area contributed by atoms with Crippen molar-refractivity contribution in [2.45, 2.75) is 38.9 Å². The van der Waals surface area contributed by atoms with Crippen LogP contribution in [0.25, 0.3) is 5.82 Å². The Labute approximate surface area is 116 Å². The van der Waals surface area contributed by atoms with Crippen LogP contribution in [0.3, 0.4) is 0 Å². The van der Waals surface area contributed by atoms with Gasteiger partial charge in [0, 0.05) is 11.6 Å². The molecule has 1 saturated heterocycles. The average molecular weight is 277 g/mol. The Morgan fingerprint density at radius 3 is 2.42 bits per heavy atom. The standard InChI is InChI=1S/C12H16BN3O2S/c1-11(2)12(3,4)18-13(17-11)9-5-16(7-14-9)10-6-19-8-15-10/h5-8H,1-4H3. The molecule has 7 heteroatoms. The summed E-state index contributed by atoms with van der Waals surface area (Å²) in [6.07, 6.45) is 3.63. The van der Waals surface area contributed by atoms with Crippen LogP contribution in [0, 0.1) is 0 Å². The van der Waals surface area contributed by atoms with Crippen molar-refractivity contribution in [1.29, 1.82) is 0 Å². The van der Waals surface area contributed by atoms with E-state index in [9.17, 15) is 0 Å². The molecule has 0 bridgehead atoms. The van der Waals surface area contributed by atoms with Gasteiger partial charge in [-0.3, -0.25) is 4.57 Å². The Kier molecular flexibility index (Phi) is 2.81. The van der Waals surface area contributed by atoms with Crippen LogP contribution in [-0.4, -0.2) is 32.9 Å². The number of hydrogen-bond donors (Lipinski definition) is 0. The molecule has 0 radical (unpaired) electrons. The zero-order valence-corrected chi connectivity index (χ0v) is 12.3. The summed E-state index contributed by atoms with van der Waals surface area (Å²) >= 11 is 1.55. The van der Waals surface area contributed by atoms with Crippen molar-refractivity contribution in [2.24, 2.45) is 0 Å². The predicted molar refractivity (Wildman–Crippen MR) is 75.0 cm³/mol. The lowest BCUT2D eigenvalue weighted by Gasteiger charge is -2.32. The van der Waals surface area contributed by atoms with Crippen LogP contribution < -0.4 is 5.59 Å². The van der Waals surface area contributed by atoms with Gasteiger partial charge in [0.15, 0.2) is 0 Å². The molecule has 3 rings (SSSR count). The minimum Gasteiger partial charge on any atom is -0.398 e. The lowest BCUT2D eigenvalue weighted by atomic mass is 9.86. The molecule has 5 nitrogen and oxygen atoms in total. The fourth-order valence-electron chi connectivity index (χ4n) is 1.88. The van der Waals surface area contributed by atoms with E-state index < -0.39 is 7.12 Å². The van der Waals surface area contributed by atoms with E-state index in [-0.39, 0.29) is 11.2 Å². The van der Waals surface area contributed by atoms with Gasteiger partial charge in [-0.2, -0.15) is 0 Å². The third-order valence-electron chi connectivity index (χ3n) is 3.78. The van der Waals surface area contributed by atoms with Gasteiger partial charge in [-0.1, -0.05) is 0 Å². The van der Waals surface area contributed by atoms with Crippen molar-refractivity contribution in [1.82, 2.24) is 14.5 Å². The summed E-state index contributed by atoms with van der Waals surface area (Å²) in [5, 5.41) is 1.97. The first-order chi connectivity index (χ1) is 8.89. The van der Waals surface area contributed by atoms with E-state index in [1.165, 1.54) is 0 Å². The molecule has 2 aromatic heterocycles. The van der Waals surface area contributed by atoms with E-state index in [4.69, 9.17) is 9.31 Å². The van der Waals surface area contributed by atoms with Crippen molar-refractivity contribution in [3.63, 3.8) is 0 Å². The summed E-state index contributed by atoms with van der Waals surface area (Å²) in [6.45, 7) is 8.13. The Morgan fingerprint density at radius 2 is 1.84 bits per heavy atom. The number of imidazole rings is 1. The lowest BCUT2D eigenvalue weighted by molar-refractivity contribution is 0.00578. The Hall–Kier alpha value is -1.18. The summed E-state index contributed by atoms with van der Waals surface area (Å²) in [5.41, 5.74) is 1.88. The van der Waals surface area contributed by atoms with E-state index in [2.05, 4.69) is 9.97 Å². The Morgan fingerprint density at radius 1 is 1.16 bits per heavy atom. The minimum atomic E-state index is -0.426. The molecule has 0 atom stereocenters. The molecule has 0 N–H and O–H groups in total. The van der Waals surface area contributed by atoms with E-state index >= 15 is 0 Å². The van der Waals surface area contributed by atoms with Crippen LogP contribution in [-0.2, 0) is 9.31 Å². The number of hydrogen-bond acceptors (Lipinski definition) is 5. The third kappa shape index (κ3) is 2.11. The number of aromatic nitrogens is 3. The van der Waals surface area contributed by atoms with E-state index in [0.29, 0.717) is 0 Å². The molecule has 0 aromatic carbocycles. The van der Waals surface area contributed by atoms with Crippen molar-refractivity contribution in [3.8, 4) is 5.82 Å². The first-order valence-corrected chi connectivity index (χ1v) is 7.11. The van der Waals surface area contributed by atoms with Crippen LogP contribution in [0.5, 0.6) is 0 Å². The summed E-state index contributed by atoms with van der Waals surface area (Å²) in [5.74, 6) is 0.861. The molecule has 0 amide bonds. The molecule has 3 heterocycles. The molecule has 2 aromatic rings. The maximum Gasteiger partial charge on any atom is 0.516 e.